The van der Waals surface area contributed by atoms with Gasteiger partial charge in [-0.2, -0.15) is 0 Å². The molecule has 0 aliphatic heterocycles. The summed E-state index contributed by atoms with van der Waals surface area (Å²) in [6, 6.07) is 12.7. The van der Waals surface area contributed by atoms with E-state index in [0.717, 1.165) is 23.3 Å². The minimum absolute atomic E-state index is 0. The van der Waals surface area contributed by atoms with E-state index < -0.39 is 0 Å². The molecular formula is C17H19ClFNO. The molecule has 2 atom stereocenters. The Morgan fingerprint density at radius 2 is 2.00 bits per heavy atom. The summed E-state index contributed by atoms with van der Waals surface area (Å²) in [5.41, 5.74) is 8.38. The molecule has 112 valence electrons. The molecule has 1 fully saturated rings. The molecule has 2 nitrogen and oxygen atoms in total. The number of rotatable bonds is 4. The summed E-state index contributed by atoms with van der Waals surface area (Å²) in [6.07, 6.45) is 1.09. The summed E-state index contributed by atoms with van der Waals surface area (Å²) < 4.78 is 19.3. The first-order chi connectivity index (χ1) is 9.74. The number of methoxy groups -OCH3 is 1. The van der Waals surface area contributed by atoms with E-state index in [2.05, 4.69) is 0 Å². The van der Waals surface area contributed by atoms with Crippen LogP contribution in [0.4, 0.5) is 4.39 Å². The van der Waals surface area contributed by atoms with Crippen LogP contribution in [0.2, 0.25) is 0 Å². The Morgan fingerprint density at radius 3 is 2.62 bits per heavy atom. The van der Waals surface area contributed by atoms with E-state index in [1.807, 2.05) is 24.3 Å². The normalized spacial score (nSPS) is 19.8. The number of benzene rings is 2. The van der Waals surface area contributed by atoms with Gasteiger partial charge in [0.25, 0.3) is 0 Å². The van der Waals surface area contributed by atoms with Crippen molar-refractivity contribution in [3.05, 3.63) is 53.8 Å². The Morgan fingerprint density at radius 1 is 1.24 bits per heavy atom. The summed E-state index contributed by atoms with van der Waals surface area (Å²) in [7, 11) is 1.67. The monoisotopic (exact) mass is 307 g/mol. The molecular weight excluding hydrogens is 289 g/mol. The largest absolute Gasteiger partial charge is 0.496 e. The van der Waals surface area contributed by atoms with Crippen molar-refractivity contribution in [2.75, 3.05) is 13.7 Å². The van der Waals surface area contributed by atoms with E-state index in [1.54, 1.807) is 19.2 Å². The van der Waals surface area contributed by atoms with Crippen LogP contribution in [-0.4, -0.2) is 13.7 Å². The van der Waals surface area contributed by atoms with Crippen LogP contribution in [0, 0.1) is 11.7 Å². The number of ether oxygens (including phenoxy) is 1. The van der Waals surface area contributed by atoms with Crippen molar-refractivity contribution in [3.8, 4) is 16.9 Å². The first-order valence-electron chi connectivity index (χ1n) is 6.87. The first kappa shape index (κ1) is 15.8. The molecule has 0 bridgehead atoms. The number of hydrogen-bond donors (Lipinski definition) is 1. The minimum Gasteiger partial charge on any atom is -0.496 e. The van der Waals surface area contributed by atoms with Crippen molar-refractivity contribution in [3.63, 3.8) is 0 Å². The molecule has 1 saturated carbocycles. The lowest BCUT2D eigenvalue weighted by molar-refractivity contribution is 0.409. The maximum atomic E-state index is 13.9. The second-order valence-electron chi connectivity index (χ2n) is 5.27. The lowest BCUT2D eigenvalue weighted by Gasteiger charge is -2.11. The van der Waals surface area contributed by atoms with E-state index in [1.165, 1.54) is 6.07 Å². The zero-order valence-electron chi connectivity index (χ0n) is 11.9. The third-order valence-corrected chi connectivity index (χ3v) is 4.04. The van der Waals surface area contributed by atoms with Gasteiger partial charge in [0.2, 0.25) is 0 Å². The topological polar surface area (TPSA) is 35.2 Å². The van der Waals surface area contributed by atoms with E-state index in [9.17, 15) is 4.39 Å². The van der Waals surface area contributed by atoms with Gasteiger partial charge in [-0.25, -0.2) is 4.39 Å². The molecule has 2 aromatic rings. The van der Waals surface area contributed by atoms with Crippen LogP contribution in [0.25, 0.3) is 11.1 Å². The van der Waals surface area contributed by atoms with Gasteiger partial charge >= 0.3 is 0 Å². The quantitative estimate of drug-likeness (QED) is 0.927. The summed E-state index contributed by atoms with van der Waals surface area (Å²) in [4.78, 5) is 0. The highest BCUT2D eigenvalue weighted by Crippen LogP contribution is 2.50. The van der Waals surface area contributed by atoms with Crippen molar-refractivity contribution in [2.45, 2.75) is 12.3 Å². The van der Waals surface area contributed by atoms with Crippen molar-refractivity contribution >= 4 is 12.4 Å². The fourth-order valence-electron chi connectivity index (χ4n) is 2.78. The predicted molar refractivity (Wildman–Crippen MR) is 85.5 cm³/mol. The van der Waals surface area contributed by atoms with Crippen molar-refractivity contribution < 1.29 is 9.13 Å². The third-order valence-electron chi connectivity index (χ3n) is 4.04. The van der Waals surface area contributed by atoms with Gasteiger partial charge in [0.05, 0.1) is 7.11 Å². The average molecular weight is 308 g/mol. The molecule has 0 amide bonds. The standard InChI is InChI=1S/C17H18FNO.ClH/c1-20-17-7-6-11(13-4-2-3-5-16(13)18)8-15(17)14-9-12(14)10-19;/h2-8,12,14H,9-10,19H2,1H3;1H/t12-,14+;/m1./s1. The van der Waals surface area contributed by atoms with Crippen LogP contribution in [-0.2, 0) is 0 Å². The Bertz CT molecular complexity index is 632. The van der Waals surface area contributed by atoms with Gasteiger partial charge in [-0.05, 0) is 54.1 Å². The molecule has 0 saturated heterocycles. The zero-order chi connectivity index (χ0) is 14.1. The summed E-state index contributed by atoms with van der Waals surface area (Å²) >= 11 is 0. The van der Waals surface area contributed by atoms with Crippen LogP contribution in [0.1, 0.15) is 17.9 Å². The number of halogens is 2. The van der Waals surface area contributed by atoms with Crippen molar-refractivity contribution in [1.82, 2.24) is 0 Å². The summed E-state index contributed by atoms with van der Waals surface area (Å²) in [5, 5.41) is 0. The molecule has 21 heavy (non-hydrogen) atoms. The second-order valence-corrected chi connectivity index (χ2v) is 5.27. The molecule has 0 heterocycles. The van der Waals surface area contributed by atoms with Gasteiger partial charge in [-0.15, -0.1) is 12.4 Å². The highest BCUT2D eigenvalue weighted by molar-refractivity contribution is 5.85. The maximum Gasteiger partial charge on any atom is 0.131 e. The lowest BCUT2D eigenvalue weighted by atomic mass is 9.99. The number of nitrogens with two attached hydrogens (primary N) is 1. The molecule has 1 aliphatic carbocycles. The average Bonchev–Trinajstić information content (AvgIpc) is 3.26. The molecule has 3 rings (SSSR count). The Hall–Kier alpha value is -1.58. The molecule has 0 aromatic heterocycles. The second kappa shape index (κ2) is 6.46. The fourth-order valence-corrected chi connectivity index (χ4v) is 2.78. The highest BCUT2D eigenvalue weighted by Gasteiger charge is 2.38. The van der Waals surface area contributed by atoms with Gasteiger partial charge in [0.15, 0.2) is 0 Å². The van der Waals surface area contributed by atoms with Crippen LogP contribution >= 0.6 is 12.4 Å². The molecule has 2 aromatic carbocycles. The van der Waals surface area contributed by atoms with Crippen LogP contribution in [0.15, 0.2) is 42.5 Å². The van der Waals surface area contributed by atoms with E-state index >= 15 is 0 Å². The van der Waals surface area contributed by atoms with E-state index in [-0.39, 0.29) is 18.2 Å². The Kier molecular flexibility index (Phi) is 4.86. The predicted octanol–water partition coefficient (Wildman–Crippen LogP) is 3.99. The van der Waals surface area contributed by atoms with Crippen LogP contribution < -0.4 is 10.5 Å². The Labute approximate surface area is 130 Å². The zero-order valence-corrected chi connectivity index (χ0v) is 12.7. The van der Waals surface area contributed by atoms with Gasteiger partial charge in [0, 0.05) is 5.56 Å². The molecule has 0 radical (unpaired) electrons. The minimum atomic E-state index is -0.199. The first-order valence-corrected chi connectivity index (χ1v) is 6.87. The molecule has 2 N–H and O–H groups in total. The van der Waals surface area contributed by atoms with Gasteiger partial charge in [-0.1, -0.05) is 24.3 Å². The van der Waals surface area contributed by atoms with Crippen LogP contribution in [0.5, 0.6) is 5.75 Å². The van der Waals surface area contributed by atoms with Gasteiger partial charge in [-0.3, -0.25) is 0 Å². The maximum absolute atomic E-state index is 13.9. The van der Waals surface area contributed by atoms with Gasteiger partial charge < -0.3 is 10.5 Å². The Balaban J connectivity index is 0.00000161. The van der Waals surface area contributed by atoms with Crippen molar-refractivity contribution in [1.29, 1.82) is 0 Å². The third kappa shape index (κ3) is 3.04. The van der Waals surface area contributed by atoms with E-state index in [0.29, 0.717) is 23.9 Å². The van der Waals surface area contributed by atoms with Crippen molar-refractivity contribution in [2.24, 2.45) is 11.7 Å². The van der Waals surface area contributed by atoms with E-state index in [4.69, 9.17) is 10.5 Å². The van der Waals surface area contributed by atoms with Gasteiger partial charge in [0.1, 0.15) is 11.6 Å². The fraction of sp³-hybridized carbons (Fsp3) is 0.294. The SMILES string of the molecule is COc1ccc(-c2ccccc2F)cc1[C@H]1C[C@@H]1CN.Cl. The molecule has 0 unspecified atom stereocenters. The lowest BCUT2D eigenvalue weighted by Crippen LogP contribution is -2.02. The smallest absolute Gasteiger partial charge is 0.131 e. The summed E-state index contributed by atoms with van der Waals surface area (Å²) in [6.45, 7) is 0.692. The highest BCUT2D eigenvalue weighted by atomic mass is 35.5. The summed E-state index contributed by atoms with van der Waals surface area (Å²) in [5.74, 6) is 1.64. The molecule has 0 spiro atoms. The van der Waals surface area contributed by atoms with Crippen LogP contribution in [0.3, 0.4) is 0 Å². The number of hydrogen-bond acceptors (Lipinski definition) is 2. The molecule has 1 aliphatic rings. The molecule has 4 heteroatoms.